The fourth-order valence-corrected chi connectivity index (χ4v) is 3.51. The molecule has 2 saturated carbocycles. The lowest BCUT2D eigenvalue weighted by atomic mass is 9.85. The van der Waals surface area contributed by atoms with E-state index in [1.54, 1.807) is 12.4 Å². The number of ketones is 1. The van der Waals surface area contributed by atoms with Gasteiger partial charge in [0.05, 0.1) is 11.9 Å². The summed E-state index contributed by atoms with van der Waals surface area (Å²) >= 11 is 0. The quantitative estimate of drug-likeness (QED) is 0.750. The zero-order chi connectivity index (χ0) is 11.8. The Labute approximate surface area is 102 Å². The molecule has 3 heteroatoms. The number of hydrogen-bond donors (Lipinski definition) is 0. The molecule has 3 rings (SSSR count). The second-order valence-electron chi connectivity index (χ2n) is 5.61. The molecular weight excluding hydrogens is 212 g/mol. The molecule has 2 aliphatic carbocycles. The van der Waals surface area contributed by atoms with Crippen LogP contribution in [0.1, 0.15) is 48.3 Å². The first-order valence-corrected chi connectivity index (χ1v) is 6.54. The Balaban J connectivity index is 1.65. The van der Waals surface area contributed by atoms with Gasteiger partial charge in [-0.15, -0.1) is 0 Å². The molecule has 0 radical (unpaired) electrons. The molecule has 0 N–H and O–H groups in total. The van der Waals surface area contributed by atoms with E-state index in [1.165, 1.54) is 25.7 Å². The summed E-state index contributed by atoms with van der Waals surface area (Å²) in [6, 6.07) is 0. The van der Waals surface area contributed by atoms with Crippen LogP contribution in [0.5, 0.6) is 0 Å². The zero-order valence-corrected chi connectivity index (χ0v) is 10.2. The predicted octanol–water partition coefficient (Wildman–Crippen LogP) is 2.79. The van der Waals surface area contributed by atoms with Crippen molar-refractivity contribution in [2.75, 3.05) is 0 Å². The van der Waals surface area contributed by atoms with E-state index in [-0.39, 0.29) is 5.78 Å². The summed E-state index contributed by atoms with van der Waals surface area (Å²) in [5.41, 5.74) is 1.40. The van der Waals surface area contributed by atoms with Crippen LogP contribution in [0.15, 0.2) is 12.4 Å². The van der Waals surface area contributed by atoms with E-state index in [2.05, 4.69) is 9.97 Å². The molecule has 3 nitrogen and oxygen atoms in total. The van der Waals surface area contributed by atoms with Crippen LogP contribution in [0.4, 0.5) is 0 Å². The summed E-state index contributed by atoms with van der Waals surface area (Å²) in [5.74, 6) is 2.50. The van der Waals surface area contributed by atoms with Crippen molar-refractivity contribution in [3.05, 3.63) is 23.8 Å². The van der Waals surface area contributed by atoms with Gasteiger partial charge < -0.3 is 0 Å². The van der Waals surface area contributed by atoms with Crippen LogP contribution in [0.25, 0.3) is 0 Å². The van der Waals surface area contributed by atoms with Gasteiger partial charge in [0, 0.05) is 12.6 Å². The van der Waals surface area contributed by atoms with Crippen LogP contribution in [-0.4, -0.2) is 15.8 Å². The number of nitrogens with zero attached hydrogens (tertiary/aromatic N) is 2. The molecule has 0 saturated heterocycles. The van der Waals surface area contributed by atoms with Crippen molar-refractivity contribution in [2.45, 2.75) is 39.0 Å². The first kappa shape index (κ1) is 10.9. The Morgan fingerprint density at radius 1 is 1.29 bits per heavy atom. The van der Waals surface area contributed by atoms with Crippen molar-refractivity contribution in [3.63, 3.8) is 0 Å². The number of hydrogen-bond acceptors (Lipinski definition) is 3. The number of Topliss-reactive ketones (excluding diaryl/α,β-unsaturated/α-hetero) is 1. The Kier molecular flexibility index (Phi) is 2.69. The molecule has 0 aromatic carbocycles. The molecule has 0 amide bonds. The van der Waals surface area contributed by atoms with Gasteiger partial charge in [-0.25, -0.2) is 4.98 Å². The fraction of sp³-hybridized carbons (Fsp3) is 0.643. The highest BCUT2D eigenvalue weighted by Gasteiger charge is 2.40. The summed E-state index contributed by atoms with van der Waals surface area (Å²) in [6.45, 7) is 1.89. The molecule has 1 aromatic heterocycles. The number of aromatic nitrogens is 2. The van der Waals surface area contributed by atoms with Gasteiger partial charge in [-0.3, -0.25) is 9.78 Å². The van der Waals surface area contributed by atoms with E-state index in [0.717, 1.165) is 17.5 Å². The van der Waals surface area contributed by atoms with Gasteiger partial charge in [-0.2, -0.15) is 0 Å². The third-order valence-corrected chi connectivity index (χ3v) is 4.40. The SMILES string of the molecule is Cc1cnc(C(=O)CC2CC3CCC2C3)cn1. The lowest BCUT2D eigenvalue weighted by Crippen LogP contribution is -2.16. The Hall–Kier alpha value is -1.25. The highest BCUT2D eigenvalue weighted by atomic mass is 16.1. The highest BCUT2D eigenvalue weighted by molar-refractivity contribution is 5.94. The maximum absolute atomic E-state index is 12.1. The minimum atomic E-state index is 0.176. The van der Waals surface area contributed by atoms with Gasteiger partial charge in [0.1, 0.15) is 5.69 Å². The van der Waals surface area contributed by atoms with Crippen LogP contribution >= 0.6 is 0 Å². The third-order valence-electron chi connectivity index (χ3n) is 4.40. The molecule has 90 valence electrons. The van der Waals surface area contributed by atoms with Crippen molar-refractivity contribution >= 4 is 5.78 Å². The first-order valence-electron chi connectivity index (χ1n) is 6.54. The van der Waals surface area contributed by atoms with Gasteiger partial charge >= 0.3 is 0 Å². The molecule has 0 aliphatic heterocycles. The maximum atomic E-state index is 12.1. The number of fused-ring (bicyclic) bond motifs is 2. The van der Waals surface area contributed by atoms with Gasteiger partial charge in [-0.1, -0.05) is 6.42 Å². The van der Waals surface area contributed by atoms with Crippen LogP contribution in [0.2, 0.25) is 0 Å². The van der Waals surface area contributed by atoms with Crippen LogP contribution in [-0.2, 0) is 0 Å². The number of carbonyl (C=O) groups is 1. The fourth-order valence-electron chi connectivity index (χ4n) is 3.51. The van der Waals surface area contributed by atoms with E-state index < -0.39 is 0 Å². The van der Waals surface area contributed by atoms with Gasteiger partial charge in [0.25, 0.3) is 0 Å². The zero-order valence-electron chi connectivity index (χ0n) is 10.2. The largest absolute Gasteiger partial charge is 0.292 e. The van der Waals surface area contributed by atoms with Crippen LogP contribution in [0, 0.1) is 24.7 Å². The van der Waals surface area contributed by atoms with Crippen molar-refractivity contribution in [1.29, 1.82) is 0 Å². The summed E-state index contributed by atoms with van der Waals surface area (Å²) in [5, 5.41) is 0. The van der Waals surface area contributed by atoms with E-state index in [1.807, 2.05) is 6.92 Å². The number of carbonyl (C=O) groups excluding carboxylic acids is 1. The summed E-state index contributed by atoms with van der Waals surface area (Å²) in [7, 11) is 0. The molecule has 3 atom stereocenters. The van der Waals surface area contributed by atoms with Crippen LogP contribution in [0.3, 0.4) is 0 Å². The number of rotatable bonds is 3. The summed E-state index contributed by atoms with van der Waals surface area (Å²) < 4.78 is 0. The smallest absolute Gasteiger partial charge is 0.183 e. The van der Waals surface area contributed by atoms with E-state index in [9.17, 15) is 4.79 Å². The second-order valence-corrected chi connectivity index (χ2v) is 5.61. The lowest BCUT2D eigenvalue weighted by molar-refractivity contribution is 0.0939. The third kappa shape index (κ3) is 2.11. The molecule has 17 heavy (non-hydrogen) atoms. The van der Waals surface area contributed by atoms with E-state index in [4.69, 9.17) is 0 Å². The molecule has 2 aliphatic rings. The average molecular weight is 230 g/mol. The number of aryl methyl sites for hydroxylation is 1. The molecule has 2 fully saturated rings. The van der Waals surface area contributed by atoms with E-state index >= 15 is 0 Å². The van der Waals surface area contributed by atoms with Gasteiger partial charge in [0.15, 0.2) is 5.78 Å². The van der Waals surface area contributed by atoms with E-state index in [0.29, 0.717) is 18.0 Å². The van der Waals surface area contributed by atoms with Crippen molar-refractivity contribution in [1.82, 2.24) is 9.97 Å². The minimum Gasteiger partial charge on any atom is -0.292 e. The van der Waals surface area contributed by atoms with Crippen molar-refractivity contribution < 1.29 is 4.79 Å². The Morgan fingerprint density at radius 3 is 2.76 bits per heavy atom. The minimum absolute atomic E-state index is 0.176. The first-order chi connectivity index (χ1) is 8.22. The Morgan fingerprint density at radius 2 is 2.18 bits per heavy atom. The van der Waals surface area contributed by atoms with Crippen molar-refractivity contribution in [2.24, 2.45) is 17.8 Å². The average Bonchev–Trinajstić information content (AvgIpc) is 2.91. The summed E-state index contributed by atoms with van der Waals surface area (Å²) in [6.07, 6.45) is 9.31. The predicted molar refractivity (Wildman–Crippen MR) is 64.7 cm³/mol. The second kappa shape index (κ2) is 4.21. The van der Waals surface area contributed by atoms with Gasteiger partial charge in [0.2, 0.25) is 0 Å². The lowest BCUT2D eigenvalue weighted by Gasteiger charge is -2.20. The molecule has 1 aromatic rings. The maximum Gasteiger partial charge on any atom is 0.183 e. The Bertz CT molecular complexity index is 426. The standard InChI is InChI=1S/C14H18N2O/c1-9-7-16-13(8-15-9)14(17)6-12-5-10-2-3-11(12)4-10/h7-8,10-12H,2-6H2,1H3. The highest BCUT2D eigenvalue weighted by Crippen LogP contribution is 2.49. The van der Waals surface area contributed by atoms with Crippen LogP contribution < -0.4 is 0 Å². The summed E-state index contributed by atoms with van der Waals surface area (Å²) in [4.78, 5) is 20.4. The molecular formula is C14H18N2O. The molecule has 0 spiro atoms. The normalized spacial score (nSPS) is 30.8. The van der Waals surface area contributed by atoms with Crippen molar-refractivity contribution in [3.8, 4) is 0 Å². The molecule has 2 bridgehead atoms. The molecule has 3 unspecified atom stereocenters. The monoisotopic (exact) mass is 230 g/mol. The van der Waals surface area contributed by atoms with Gasteiger partial charge in [-0.05, 0) is 43.9 Å². The topological polar surface area (TPSA) is 42.9 Å². The molecule has 1 heterocycles.